The minimum absolute atomic E-state index is 0.0299. The van der Waals surface area contributed by atoms with Crippen LogP contribution in [0.15, 0.2) is 72.9 Å². The van der Waals surface area contributed by atoms with E-state index in [-0.39, 0.29) is 25.6 Å². The largest absolute Gasteiger partial charge is 0.472 e. The van der Waals surface area contributed by atoms with Crippen molar-refractivity contribution in [2.75, 3.05) is 47.5 Å². The first kappa shape index (κ1) is 82.5. The average Bonchev–Trinajstić information content (AvgIpc) is 3.50. The van der Waals surface area contributed by atoms with E-state index < -0.39 is 26.5 Å². The lowest BCUT2D eigenvalue weighted by Crippen LogP contribution is -2.37. The third-order valence-electron chi connectivity index (χ3n) is 16.0. The van der Waals surface area contributed by atoms with Gasteiger partial charge in [-0.15, -0.1) is 0 Å². The number of unbranched alkanes of at least 4 members (excludes halogenated alkanes) is 41. The predicted octanol–water partition coefficient (Wildman–Crippen LogP) is 23.6. The van der Waals surface area contributed by atoms with Gasteiger partial charge in [-0.1, -0.05) is 337 Å². The molecule has 0 saturated heterocycles. The lowest BCUT2D eigenvalue weighted by atomic mass is 10.0. The molecule has 0 aromatic rings. The summed E-state index contributed by atoms with van der Waals surface area (Å²) in [5, 5.41) is 0. The van der Waals surface area contributed by atoms with Crippen LogP contribution >= 0.6 is 7.82 Å². The van der Waals surface area contributed by atoms with Gasteiger partial charge in [0.1, 0.15) is 19.8 Å². The van der Waals surface area contributed by atoms with Crippen LogP contribution in [0.4, 0.5) is 0 Å². The van der Waals surface area contributed by atoms with Gasteiger partial charge in [-0.25, -0.2) is 4.57 Å². The molecule has 2 unspecified atom stereocenters. The molecule has 10 heteroatoms. The van der Waals surface area contributed by atoms with Crippen molar-refractivity contribution >= 4 is 19.8 Å². The molecule has 0 aromatic heterocycles. The zero-order valence-corrected chi connectivity index (χ0v) is 57.5. The van der Waals surface area contributed by atoms with Gasteiger partial charge in [0.25, 0.3) is 0 Å². The van der Waals surface area contributed by atoms with Crippen molar-refractivity contribution in [3.8, 4) is 0 Å². The highest BCUT2D eigenvalue weighted by Gasteiger charge is 2.27. The molecule has 0 aliphatic carbocycles. The van der Waals surface area contributed by atoms with E-state index in [2.05, 4.69) is 86.8 Å². The predicted molar refractivity (Wildman–Crippen MR) is 367 cm³/mol. The van der Waals surface area contributed by atoms with Gasteiger partial charge in [0.15, 0.2) is 6.10 Å². The summed E-state index contributed by atoms with van der Waals surface area (Å²) in [5.74, 6) is -0.789. The Morgan fingerprint density at radius 1 is 0.376 bits per heavy atom. The number of nitrogens with zero attached hydrogens (tertiary/aromatic N) is 1. The molecular formula is C75H139NO8P+. The van der Waals surface area contributed by atoms with E-state index in [1.54, 1.807) is 0 Å². The van der Waals surface area contributed by atoms with Crippen LogP contribution in [-0.2, 0) is 32.7 Å². The maximum Gasteiger partial charge on any atom is 0.472 e. The van der Waals surface area contributed by atoms with Crippen LogP contribution in [0.2, 0.25) is 0 Å². The first-order valence-corrected chi connectivity index (χ1v) is 37.7. The molecule has 1 N–H and O–H groups in total. The zero-order valence-electron chi connectivity index (χ0n) is 56.6. The normalized spacial score (nSPS) is 13.5. The molecule has 0 bridgehead atoms. The van der Waals surface area contributed by atoms with Crippen molar-refractivity contribution in [3.05, 3.63) is 72.9 Å². The standard InChI is InChI=1S/C75H138NO8P/c1-6-8-10-12-14-16-18-20-22-24-26-28-30-32-34-36-37-38-40-41-43-45-47-49-51-53-55-57-59-61-63-65-67-74(77)81-71-73(72-83-85(79,80)82-70-69-76(3,4)5)84-75(78)68-66-64-62-60-58-56-54-52-50-48-46-44-42-39-35-33-31-29-27-25-23-21-19-17-15-13-11-9-7-2/h9,11,15,17,21,23,27,29,33,35,42,44,73H,6-8,10,12-14,16,18-20,22,24-26,28,30-32,34,36-41,43,45-72H2,1-5H3/p+1/b11-9-,17-15-,23-21-,29-27-,35-33-,44-42-. The zero-order chi connectivity index (χ0) is 61.9. The number of hydrogen-bond donors (Lipinski definition) is 1. The van der Waals surface area contributed by atoms with Crippen LogP contribution in [0, 0.1) is 0 Å². The van der Waals surface area contributed by atoms with Crippen molar-refractivity contribution < 1.29 is 42.1 Å². The van der Waals surface area contributed by atoms with Crippen LogP contribution in [0.3, 0.4) is 0 Å². The van der Waals surface area contributed by atoms with Gasteiger partial charge in [-0.3, -0.25) is 18.6 Å². The fraction of sp³-hybridized carbons (Fsp3) is 0.813. The fourth-order valence-electron chi connectivity index (χ4n) is 10.5. The fourth-order valence-corrected chi connectivity index (χ4v) is 11.2. The summed E-state index contributed by atoms with van der Waals surface area (Å²) in [5.41, 5.74) is 0. The number of likely N-dealkylation sites (N-methyl/N-ethyl adjacent to an activating group) is 1. The Bertz CT molecular complexity index is 1660. The quantitative estimate of drug-likeness (QED) is 0.0211. The summed E-state index contributed by atoms with van der Waals surface area (Å²) in [6.45, 7) is 4.37. The Morgan fingerprint density at radius 3 is 1.00 bits per heavy atom. The highest BCUT2D eigenvalue weighted by molar-refractivity contribution is 7.47. The highest BCUT2D eigenvalue weighted by Crippen LogP contribution is 2.43. The second kappa shape index (κ2) is 65.9. The number of quaternary nitrogens is 1. The highest BCUT2D eigenvalue weighted by atomic mass is 31.2. The Balaban J connectivity index is 4.01. The van der Waals surface area contributed by atoms with Crippen molar-refractivity contribution in [2.45, 2.75) is 347 Å². The first-order chi connectivity index (χ1) is 41.5. The van der Waals surface area contributed by atoms with Crippen LogP contribution in [-0.4, -0.2) is 74.9 Å². The summed E-state index contributed by atoms with van der Waals surface area (Å²) in [7, 11) is 1.48. The number of phosphoric acid groups is 1. The monoisotopic (exact) mass is 1210 g/mol. The van der Waals surface area contributed by atoms with Crippen molar-refractivity contribution in [1.82, 2.24) is 0 Å². The van der Waals surface area contributed by atoms with E-state index in [9.17, 15) is 19.0 Å². The summed E-state index contributed by atoms with van der Waals surface area (Å²) in [6, 6.07) is 0. The molecule has 496 valence electrons. The Hall–Kier alpha value is -2.55. The average molecular weight is 1210 g/mol. The molecule has 0 aliphatic rings. The van der Waals surface area contributed by atoms with Gasteiger partial charge in [0, 0.05) is 12.8 Å². The molecule has 0 aromatic carbocycles. The number of hydrogen-bond acceptors (Lipinski definition) is 7. The Labute approximate surface area is 527 Å². The van der Waals surface area contributed by atoms with E-state index in [4.69, 9.17) is 18.5 Å². The van der Waals surface area contributed by atoms with Crippen molar-refractivity contribution in [2.24, 2.45) is 0 Å². The van der Waals surface area contributed by atoms with E-state index in [1.165, 1.54) is 225 Å². The molecule has 0 amide bonds. The second-order valence-corrected chi connectivity index (χ2v) is 27.1. The van der Waals surface area contributed by atoms with Gasteiger partial charge in [0.05, 0.1) is 27.7 Å². The maximum absolute atomic E-state index is 12.9. The molecule has 85 heavy (non-hydrogen) atoms. The molecule has 0 saturated carbocycles. The summed E-state index contributed by atoms with van der Waals surface area (Å²) in [4.78, 5) is 35.9. The molecule has 0 aliphatic heterocycles. The van der Waals surface area contributed by atoms with Crippen molar-refractivity contribution in [3.63, 3.8) is 0 Å². The molecular weight excluding hydrogens is 1070 g/mol. The van der Waals surface area contributed by atoms with Gasteiger partial charge >= 0.3 is 19.8 Å². The number of carbonyl (C=O) groups is 2. The number of ether oxygens (including phenoxy) is 2. The van der Waals surface area contributed by atoms with E-state index in [0.29, 0.717) is 23.9 Å². The minimum atomic E-state index is -4.40. The minimum Gasteiger partial charge on any atom is -0.462 e. The number of esters is 2. The maximum atomic E-state index is 12.9. The van der Waals surface area contributed by atoms with Crippen molar-refractivity contribution in [1.29, 1.82) is 0 Å². The van der Waals surface area contributed by atoms with Gasteiger partial charge in [-0.2, -0.15) is 0 Å². The SMILES string of the molecule is CC/C=C\C/C=C\C/C=C\C/C=C\C/C=C\C/C=C\CCCCCCCCCCCCC(=O)OC(COC(=O)CCCCCCCCCCCCCCCCCCCCCCCCCCCCCCCCCC)COP(=O)(O)OCC[N+](C)(C)C. The van der Waals surface area contributed by atoms with Crippen LogP contribution < -0.4 is 0 Å². The lowest BCUT2D eigenvalue weighted by Gasteiger charge is -2.24. The van der Waals surface area contributed by atoms with Gasteiger partial charge < -0.3 is 18.9 Å². The van der Waals surface area contributed by atoms with Gasteiger partial charge in [0.2, 0.25) is 0 Å². The summed E-state index contributed by atoms with van der Waals surface area (Å²) >= 11 is 0. The Kier molecular flexibility index (Phi) is 63.9. The Morgan fingerprint density at radius 2 is 0.671 bits per heavy atom. The molecule has 9 nitrogen and oxygen atoms in total. The molecule has 0 rings (SSSR count). The summed E-state index contributed by atoms with van der Waals surface area (Å²) < 4.78 is 34.7. The van der Waals surface area contributed by atoms with E-state index >= 15 is 0 Å². The molecule has 0 fully saturated rings. The van der Waals surface area contributed by atoms with Gasteiger partial charge in [-0.05, 0) is 64.2 Å². The molecule has 2 atom stereocenters. The lowest BCUT2D eigenvalue weighted by molar-refractivity contribution is -0.870. The number of rotatable bonds is 67. The van der Waals surface area contributed by atoms with E-state index in [1.807, 2.05) is 21.1 Å². The van der Waals surface area contributed by atoms with E-state index in [0.717, 1.165) is 83.5 Å². The topological polar surface area (TPSA) is 108 Å². The van der Waals surface area contributed by atoms with Crippen LogP contribution in [0.5, 0.6) is 0 Å². The number of carbonyl (C=O) groups excluding carboxylic acids is 2. The summed E-state index contributed by atoms with van der Waals surface area (Å²) in [6.07, 6.45) is 88.8. The number of phosphoric ester groups is 1. The third-order valence-corrected chi connectivity index (χ3v) is 17.0. The van der Waals surface area contributed by atoms with Crippen LogP contribution in [0.1, 0.15) is 341 Å². The van der Waals surface area contributed by atoms with Crippen LogP contribution in [0.25, 0.3) is 0 Å². The first-order valence-electron chi connectivity index (χ1n) is 36.2. The molecule has 0 radical (unpaired) electrons. The third kappa shape index (κ3) is 70.4. The molecule has 0 heterocycles. The smallest absolute Gasteiger partial charge is 0.462 e. The number of allylic oxidation sites excluding steroid dienone is 12. The second-order valence-electron chi connectivity index (χ2n) is 25.6. The molecule has 0 spiro atoms.